The van der Waals surface area contributed by atoms with Crippen LogP contribution in [0.1, 0.15) is 39.5 Å². The summed E-state index contributed by atoms with van der Waals surface area (Å²) in [6.45, 7) is 7.30. The van der Waals surface area contributed by atoms with E-state index in [-0.39, 0.29) is 11.5 Å². The zero-order chi connectivity index (χ0) is 14.0. The minimum atomic E-state index is 0.0800. The molecule has 19 heavy (non-hydrogen) atoms. The van der Waals surface area contributed by atoms with Gasteiger partial charge in [-0.1, -0.05) is 13.8 Å². The first-order valence-corrected chi connectivity index (χ1v) is 7.57. The van der Waals surface area contributed by atoms with Gasteiger partial charge in [0.1, 0.15) is 0 Å². The molecule has 1 aliphatic heterocycles. The molecule has 1 amide bonds. The largest absolute Gasteiger partial charge is 0.341 e. The third-order valence-electron chi connectivity index (χ3n) is 3.91. The first-order valence-electron chi connectivity index (χ1n) is 7.57. The number of carbonyl (C=O) groups excluding carboxylic acids is 1. The van der Waals surface area contributed by atoms with Gasteiger partial charge in [-0.3, -0.25) is 4.79 Å². The SMILES string of the molecule is CN(C)CC(C)(C)CN1CCCC(NC2CC2)C1=O. The summed E-state index contributed by atoms with van der Waals surface area (Å²) < 4.78 is 0. The molecule has 1 aliphatic carbocycles. The van der Waals surface area contributed by atoms with Crippen molar-refractivity contribution in [1.29, 1.82) is 0 Å². The molecule has 4 heteroatoms. The third-order valence-corrected chi connectivity index (χ3v) is 3.91. The summed E-state index contributed by atoms with van der Waals surface area (Å²) in [6.07, 6.45) is 4.64. The van der Waals surface area contributed by atoms with E-state index in [9.17, 15) is 4.79 Å². The highest BCUT2D eigenvalue weighted by atomic mass is 16.2. The van der Waals surface area contributed by atoms with Crippen molar-refractivity contribution in [3.63, 3.8) is 0 Å². The fourth-order valence-corrected chi connectivity index (χ4v) is 3.21. The first kappa shape index (κ1) is 14.8. The first-order chi connectivity index (χ1) is 8.87. The van der Waals surface area contributed by atoms with Crippen LogP contribution in [0.15, 0.2) is 0 Å². The van der Waals surface area contributed by atoms with E-state index in [0.29, 0.717) is 11.9 Å². The van der Waals surface area contributed by atoms with E-state index in [4.69, 9.17) is 0 Å². The Bertz CT molecular complexity index is 323. The van der Waals surface area contributed by atoms with Crippen LogP contribution in [0.4, 0.5) is 0 Å². The monoisotopic (exact) mass is 267 g/mol. The lowest BCUT2D eigenvalue weighted by molar-refractivity contribution is -0.137. The topological polar surface area (TPSA) is 35.6 Å². The second kappa shape index (κ2) is 5.80. The highest BCUT2D eigenvalue weighted by Gasteiger charge is 2.35. The summed E-state index contributed by atoms with van der Waals surface area (Å²) in [6, 6.07) is 0.695. The lowest BCUT2D eigenvalue weighted by Crippen LogP contribution is -2.54. The number of amides is 1. The quantitative estimate of drug-likeness (QED) is 0.788. The van der Waals surface area contributed by atoms with Gasteiger partial charge < -0.3 is 15.1 Å². The molecule has 1 saturated heterocycles. The lowest BCUT2D eigenvalue weighted by atomic mass is 9.90. The summed E-state index contributed by atoms with van der Waals surface area (Å²) in [5.74, 6) is 0.324. The molecule has 2 aliphatic rings. The van der Waals surface area contributed by atoms with Gasteiger partial charge in [-0.15, -0.1) is 0 Å². The molecule has 1 heterocycles. The molecule has 110 valence electrons. The van der Waals surface area contributed by atoms with E-state index >= 15 is 0 Å². The third kappa shape index (κ3) is 4.46. The molecule has 2 fully saturated rings. The van der Waals surface area contributed by atoms with Crippen molar-refractivity contribution < 1.29 is 4.79 Å². The van der Waals surface area contributed by atoms with Crippen LogP contribution < -0.4 is 5.32 Å². The lowest BCUT2D eigenvalue weighted by Gasteiger charge is -2.39. The Balaban J connectivity index is 1.89. The average molecular weight is 267 g/mol. The number of piperidine rings is 1. The number of rotatable bonds is 6. The maximum absolute atomic E-state index is 12.5. The van der Waals surface area contributed by atoms with E-state index in [1.54, 1.807) is 0 Å². The predicted octanol–water partition coefficient (Wildman–Crippen LogP) is 1.32. The van der Waals surface area contributed by atoms with Crippen LogP contribution >= 0.6 is 0 Å². The molecule has 1 atom stereocenters. The molecule has 1 unspecified atom stereocenters. The maximum atomic E-state index is 12.5. The Hall–Kier alpha value is -0.610. The van der Waals surface area contributed by atoms with E-state index in [1.165, 1.54) is 12.8 Å². The van der Waals surface area contributed by atoms with Gasteiger partial charge in [0.2, 0.25) is 5.91 Å². The molecular weight excluding hydrogens is 238 g/mol. The second-order valence-corrected chi connectivity index (χ2v) is 7.30. The standard InChI is InChI=1S/C15H29N3O/c1-15(2,10-17(3)4)11-18-9-5-6-13(14(18)19)16-12-7-8-12/h12-13,16H,5-11H2,1-4H3. The van der Waals surface area contributed by atoms with Crippen molar-refractivity contribution in [3.8, 4) is 0 Å². The number of nitrogens with zero attached hydrogens (tertiary/aromatic N) is 2. The minimum Gasteiger partial charge on any atom is -0.341 e. The van der Waals surface area contributed by atoms with Crippen LogP contribution in [0, 0.1) is 5.41 Å². The van der Waals surface area contributed by atoms with Gasteiger partial charge in [-0.2, -0.15) is 0 Å². The van der Waals surface area contributed by atoms with E-state index in [0.717, 1.165) is 32.5 Å². The van der Waals surface area contributed by atoms with Crippen molar-refractivity contribution in [3.05, 3.63) is 0 Å². The number of nitrogens with one attached hydrogen (secondary N) is 1. The number of likely N-dealkylation sites (tertiary alicyclic amines) is 1. The zero-order valence-corrected chi connectivity index (χ0v) is 12.9. The maximum Gasteiger partial charge on any atom is 0.239 e. The summed E-state index contributed by atoms with van der Waals surface area (Å²) in [5, 5.41) is 3.50. The molecule has 0 aromatic rings. The van der Waals surface area contributed by atoms with Gasteiger partial charge in [0.15, 0.2) is 0 Å². The number of hydrogen-bond acceptors (Lipinski definition) is 3. The highest BCUT2D eigenvalue weighted by Crippen LogP contribution is 2.25. The van der Waals surface area contributed by atoms with Crippen molar-refractivity contribution in [2.24, 2.45) is 5.41 Å². The molecule has 4 nitrogen and oxygen atoms in total. The van der Waals surface area contributed by atoms with Gasteiger partial charge in [-0.05, 0) is 45.2 Å². The number of carbonyl (C=O) groups is 1. The van der Waals surface area contributed by atoms with Crippen molar-refractivity contribution in [2.45, 2.75) is 51.6 Å². The smallest absolute Gasteiger partial charge is 0.239 e. The van der Waals surface area contributed by atoms with Gasteiger partial charge >= 0.3 is 0 Å². The van der Waals surface area contributed by atoms with Gasteiger partial charge in [0.25, 0.3) is 0 Å². The molecule has 0 spiro atoms. The fraction of sp³-hybridized carbons (Fsp3) is 0.933. The summed E-state index contributed by atoms with van der Waals surface area (Å²) in [4.78, 5) is 16.8. The fourth-order valence-electron chi connectivity index (χ4n) is 3.21. The molecule has 0 bridgehead atoms. The van der Waals surface area contributed by atoms with Crippen LogP contribution in [-0.4, -0.2) is 61.5 Å². The van der Waals surface area contributed by atoms with Crippen molar-refractivity contribution in [1.82, 2.24) is 15.1 Å². The van der Waals surface area contributed by atoms with Gasteiger partial charge in [0, 0.05) is 25.7 Å². The number of hydrogen-bond donors (Lipinski definition) is 1. The summed E-state index contributed by atoms with van der Waals surface area (Å²) in [5.41, 5.74) is 0.153. The van der Waals surface area contributed by atoms with Gasteiger partial charge in [-0.25, -0.2) is 0 Å². The molecule has 0 aromatic heterocycles. The Morgan fingerprint density at radius 2 is 2.00 bits per heavy atom. The molecule has 0 aromatic carbocycles. The van der Waals surface area contributed by atoms with Crippen LogP contribution in [-0.2, 0) is 4.79 Å². The molecule has 1 N–H and O–H groups in total. The van der Waals surface area contributed by atoms with E-state index in [1.807, 2.05) is 0 Å². The highest BCUT2D eigenvalue weighted by molar-refractivity contribution is 5.82. The van der Waals surface area contributed by atoms with Crippen molar-refractivity contribution >= 4 is 5.91 Å². The molecule has 2 rings (SSSR count). The van der Waals surface area contributed by atoms with E-state index in [2.05, 4.69) is 43.1 Å². The minimum absolute atomic E-state index is 0.0800. The Labute approximate surface area is 117 Å². The average Bonchev–Trinajstić information content (AvgIpc) is 3.05. The summed E-state index contributed by atoms with van der Waals surface area (Å²) in [7, 11) is 4.19. The summed E-state index contributed by atoms with van der Waals surface area (Å²) >= 11 is 0. The Morgan fingerprint density at radius 1 is 1.32 bits per heavy atom. The van der Waals surface area contributed by atoms with Gasteiger partial charge in [0.05, 0.1) is 6.04 Å². The van der Waals surface area contributed by atoms with Crippen LogP contribution in [0.25, 0.3) is 0 Å². The van der Waals surface area contributed by atoms with Crippen LogP contribution in [0.2, 0.25) is 0 Å². The Kier molecular flexibility index (Phi) is 4.51. The van der Waals surface area contributed by atoms with Crippen molar-refractivity contribution in [2.75, 3.05) is 33.7 Å². The molecule has 0 radical (unpaired) electrons. The van der Waals surface area contributed by atoms with E-state index < -0.39 is 0 Å². The predicted molar refractivity (Wildman–Crippen MR) is 78.1 cm³/mol. The van der Waals surface area contributed by atoms with Crippen LogP contribution in [0.3, 0.4) is 0 Å². The zero-order valence-electron chi connectivity index (χ0n) is 12.9. The molecular formula is C15H29N3O. The normalized spacial score (nSPS) is 25.2. The second-order valence-electron chi connectivity index (χ2n) is 7.30. The molecule has 1 saturated carbocycles. The van der Waals surface area contributed by atoms with Crippen LogP contribution in [0.5, 0.6) is 0 Å². The Morgan fingerprint density at radius 3 is 2.58 bits per heavy atom.